The molecule has 7 heteroatoms. The number of hydrogen-bond acceptors (Lipinski definition) is 5. The zero-order chi connectivity index (χ0) is 19.3. The van der Waals surface area contributed by atoms with Gasteiger partial charge < -0.3 is 13.8 Å². The quantitative estimate of drug-likeness (QED) is 0.681. The van der Waals surface area contributed by atoms with Crippen molar-refractivity contribution < 1.29 is 22.1 Å². The van der Waals surface area contributed by atoms with Crippen molar-refractivity contribution in [1.82, 2.24) is 4.90 Å². The van der Waals surface area contributed by atoms with Crippen molar-refractivity contribution in [2.24, 2.45) is 0 Å². The summed E-state index contributed by atoms with van der Waals surface area (Å²) in [7, 11) is -3.56. The highest BCUT2D eigenvalue weighted by Crippen LogP contribution is 2.19. The monoisotopic (exact) mass is 389 g/mol. The van der Waals surface area contributed by atoms with Gasteiger partial charge in [-0.15, -0.1) is 0 Å². The molecule has 1 fully saturated rings. The molecule has 2 aromatic carbocycles. The van der Waals surface area contributed by atoms with Crippen LogP contribution in [0.3, 0.4) is 0 Å². The number of amides is 1. The Kier molecular flexibility index (Phi) is 6.13. The molecule has 0 aliphatic carbocycles. The van der Waals surface area contributed by atoms with Gasteiger partial charge in [-0.25, -0.2) is 0 Å². The third-order valence-corrected chi connectivity index (χ3v) is 4.80. The zero-order valence-electron chi connectivity index (χ0n) is 15.2. The minimum Gasteiger partial charge on any atom is -0.383 e. The second kappa shape index (κ2) is 8.54. The van der Waals surface area contributed by atoms with Crippen molar-refractivity contribution in [3.8, 4) is 5.75 Å². The summed E-state index contributed by atoms with van der Waals surface area (Å²) in [6, 6.07) is 15.9. The molecule has 1 heterocycles. The van der Waals surface area contributed by atoms with Crippen LogP contribution in [0.25, 0.3) is 0 Å². The molecule has 27 heavy (non-hydrogen) atoms. The zero-order valence-corrected chi connectivity index (χ0v) is 16.0. The Morgan fingerprint density at radius 2 is 1.85 bits per heavy atom. The average molecular weight is 389 g/mol. The normalized spacial score (nSPS) is 16.9. The molecular weight excluding hydrogens is 366 g/mol. The van der Waals surface area contributed by atoms with Gasteiger partial charge in [-0.2, -0.15) is 8.42 Å². The third kappa shape index (κ3) is 5.80. The topological polar surface area (TPSA) is 72.9 Å². The van der Waals surface area contributed by atoms with E-state index in [9.17, 15) is 13.2 Å². The second-order valence-electron chi connectivity index (χ2n) is 6.62. The van der Waals surface area contributed by atoms with Crippen molar-refractivity contribution >= 4 is 16.0 Å². The Morgan fingerprint density at radius 3 is 2.44 bits per heavy atom. The first-order chi connectivity index (χ1) is 12.9. The Bertz CT molecular complexity index is 859. The summed E-state index contributed by atoms with van der Waals surface area (Å²) < 4.78 is 33.0. The molecule has 0 saturated carbocycles. The minimum absolute atomic E-state index is 0.0468. The maximum absolute atomic E-state index is 13.0. The summed E-state index contributed by atoms with van der Waals surface area (Å²) >= 11 is 0. The second-order valence-corrected chi connectivity index (χ2v) is 8.19. The Morgan fingerprint density at radius 1 is 1.15 bits per heavy atom. The molecular formula is C20H23NO5S. The number of carbonyl (C=O) groups is 1. The van der Waals surface area contributed by atoms with Crippen molar-refractivity contribution in [3.63, 3.8) is 0 Å². The van der Waals surface area contributed by atoms with Gasteiger partial charge in [-0.05, 0) is 42.7 Å². The van der Waals surface area contributed by atoms with Crippen LogP contribution in [0.1, 0.15) is 28.8 Å². The van der Waals surface area contributed by atoms with E-state index in [1.54, 1.807) is 41.3 Å². The van der Waals surface area contributed by atoms with Gasteiger partial charge in [-0.1, -0.05) is 30.3 Å². The molecule has 1 unspecified atom stereocenters. The van der Waals surface area contributed by atoms with E-state index in [0.717, 1.165) is 31.3 Å². The standard InChI is InChI=1S/C20H23NO5S/c1-27(23,24)26-18-11-9-16(10-12-18)14-21(15-19-8-5-13-25-19)20(22)17-6-3-2-4-7-17/h2-4,6-7,9-12,19H,5,8,13-15H2,1H3. The van der Waals surface area contributed by atoms with Crippen LogP contribution < -0.4 is 4.18 Å². The van der Waals surface area contributed by atoms with E-state index in [2.05, 4.69) is 0 Å². The number of ether oxygens (including phenoxy) is 1. The third-order valence-electron chi connectivity index (χ3n) is 4.30. The molecule has 6 nitrogen and oxygen atoms in total. The summed E-state index contributed by atoms with van der Waals surface area (Å²) in [5.41, 5.74) is 1.52. The van der Waals surface area contributed by atoms with Crippen LogP contribution in [0.15, 0.2) is 54.6 Å². The molecule has 0 aromatic heterocycles. The highest BCUT2D eigenvalue weighted by molar-refractivity contribution is 7.86. The van der Waals surface area contributed by atoms with Crippen LogP contribution in [0.5, 0.6) is 5.75 Å². The van der Waals surface area contributed by atoms with Gasteiger partial charge in [0, 0.05) is 25.3 Å². The number of nitrogens with zero attached hydrogens (tertiary/aromatic N) is 1. The maximum atomic E-state index is 13.0. The fourth-order valence-electron chi connectivity index (χ4n) is 3.06. The molecule has 0 bridgehead atoms. The summed E-state index contributed by atoms with van der Waals surface area (Å²) in [4.78, 5) is 14.7. The number of carbonyl (C=O) groups excluding carboxylic acids is 1. The Labute approximate surface area is 159 Å². The van der Waals surface area contributed by atoms with E-state index >= 15 is 0 Å². The minimum atomic E-state index is -3.56. The van der Waals surface area contributed by atoms with Crippen molar-refractivity contribution in [2.45, 2.75) is 25.5 Å². The fraction of sp³-hybridized carbons (Fsp3) is 0.350. The predicted molar refractivity (Wildman–Crippen MR) is 102 cm³/mol. The van der Waals surface area contributed by atoms with E-state index in [-0.39, 0.29) is 17.8 Å². The van der Waals surface area contributed by atoms with Crippen LogP contribution in [0, 0.1) is 0 Å². The van der Waals surface area contributed by atoms with E-state index in [0.29, 0.717) is 18.7 Å². The average Bonchev–Trinajstić information content (AvgIpc) is 3.15. The van der Waals surface area contributed by atoms with Crippen LogP contribution in [0.4, 0.5) is 0 Å². The van der Waals surface area contributed by atoms with Gasteiger partial charge in [0.25, 0.3) is 5.91 Å². The highest BCUT2D eigenvalue weighted by Gasteiger charge is 2.23. The summed E-state index contributed by atoms with van der Waals surface area (Å²) in [6.07, 6.45) is 3.00. The lowest BCUT2D eigenvalue weighted by Gasteiger charge is -2.26. The lowest BCUT2D eigenvalue weighted by atomic mass is 10.1. The molecule has 1 aliphatic rings. The smallest absolute Gasteiger partial charge is 0.306 e. The highest BCUT2D eigenvalue weighted by atomic mass is 32.2. The molecule has 1 saturated heterocycles. The Hall–Kier alpha value is -2.38. The van der Waals surface area contributed by atoms with Crippen LogP contribution >= 0.6 is 0 Å². The largest absolute Gasteiger partial charge is 0.383 e. The first-order valence-corrected chi connectivity index (χ1v) is 10.7. The molecule has 0 N–H and O–H groups in total. The molecule has 2 aromatic rings. The van der Waals surface area contributed by atoms with Crippen LogP contribution in [-0.4, -0.2) is 44.7 Å². The summed E-state index contributed by atoms with van der Waals surface area (Å²) in [5, 5.41) is 0. The van der Waals surface area contributed by atoms with Crippen LogP contribution in [-0.2, 0) is 21.4 Å². The molecule has 0 spiro atoms. The van der Waals surface area contributed by atoms with Crippen molar-refractivity contribution in [2.75, 3.05) is 19.4 Å². The molecule has 1 amide bonds. The van der Waals surface area contributed by atoms with Gasteiger partial charge in [0.15, 0.2) is 0 Å². The maximum Gasteiger partial charge on any atom is 0.306 e. The lowest BCUT2D eigenvalue weighted by Crippen LogP contribution is -2.36. The van der Waals surface area contributed by atoms with Gasteiger partial charge in [0.05, 0.1) is 12.4 Å². The van der Waals surface area contributed by atoms with Gasteiger partial charge in [-0.3, -0.25) is 4.79 Å². The van der Waals surface area contributed by atoms with Crippen LogP contribution in [0.2, 0.25) is 0 Å². The van der Waals surface area contributed by atoms with Crippen molar-refractivity contribution in [3.05, 3.63) is 65.7 Å². The molecule has 144 valence electrons. The van der Waals surface area contributed by atoms with Crippen molar-refractivity contribution in [1.29, 1.82) is 0 Å². The lowest BCUT2D eigenvalue weighted by molar-refractivity contribution is 0.0507. The predicted octanol–water partition coefficient (Wildman–Crippen LogP) is 2.85. The summed E-state index contributed by atoms with van der Waals surface area (Å²) in [6.45, 7) is 1.66. The molecule has 0 radical (unpaired) electrons. The van der Waals surface area contributed by atoms with Gasteiger partial charge in [0.1, 0.15) is 5.75 Å². The van der Waals surface area contributed by atoms with E-state index in [1.807, 2.05) is 18.2 Å². The van der Waals surface area contributed by atoms with E-state index < -0.39 is 10.1 Å². The molecule has 3 rings (SSSR count). The van der Waals surface area contributed by atoms with E-state index in [1.165, 1.54) is 0 Å². The number of rotatable bonds is 7. The number of hydrogen-bond donors (Lipinski definition) is 0. The number of benzene rings is 2. The van der Waals surface area contributed by atoms with Gasteiger partial charge in [0.2, 0.25) is 0 Å². The first kappa shape index (κ1) is 19.4. The summed E-state index contributed by atoms with van der Waals surface area (Å²) in [5.74, 6) is 0.198. The Balaban J connectivity index is 1.75. The van der Waals surface area contributed by atoms with Gasteiger partial charge >= 0.3 is 10.1 Å². The van der Waals surface area contributed by atoms with E-state index in [4.69, 9.17) is 8.92 Å². The SMILES string of the molecule is CS(=O)(=O)Oc1ccc(CN(CC2CCCO2)C(=O)c2ccccc2)cc1. The molecule has 1 atom stereocenters. The fourth-order valence-corrected chi connectivity index (χ4v) is 3.52. The first-order valence-electron chi connectivity index (χ1n) is 8.85. The molecule has 1 aliphatic heterocycles.